The molecule has 0 aromatic carbocycles. The number of amides is 1. The zero-order valence-electron chi connectivity index (χ0n) is 13.2. The lowest BCUT2D eigenvalue weighted by Crippen LogP contribution is -2.30. The van der Waals surface area contributed by atoms with Gasteiger partial charge in [-0.1, -0.05) is 25.4 Å². The molecule has 2 rings (SSSR count). The van der Waals surface area contributed by atoms with E-state index in [0.29, 0.717) is 18.0 Å². The van der Waals surface area contributed by atoms with E-state index in [1.54, 1.807) is 12.3 Å². The molecule has 2 heterocycles. The van der Waals surface area contributed by atoms with Gasteiger partial charge in [-0.3, -0.25) is 4.79 Å². The Morgan fingerprint density at radius 1 is 1.32 bits per heavy atom. The van der Waals surface area contributed by atoms with Crippen molar-refractivity contribution in [3.8, 4) is 0 Å². The molecule has 2 aromatic heterocycles. The van der Waals surface area contributed by atoms with Crippen LogP contribution in [0, 0.1) is 0 Å². The Kier molecular flexibility index (Phi) is 6.21. The van der Waals surface area contributed by atoms with Gasteiger partial charge >= 0.3 is 0 Å². The minimum absolute atomic E-state index is 0.00838. The van der Waals surface area contributed by atoms with Crippen LogP contribution in [0.5, 0.6) is 0 Å². The Morgan fingerprint density at radius 2 is 2.09 bits per heavy atom. The molecule has 0 fully saturated rings. The second-order valence-electron chi connectivity index (χ2n) is 5.25. The van der Waals surface area contributed by atoms with Crippen LogP contribution >= 0.6 is 11.6 Å². The van der Waals surface area contributed by atoms with Crippen molar-refractivity contribution < 1.29 is 4.79 Å². The largest absolute Gasteiger partial charge is 0.356 e. The molecule has 6 heteroatoms. The van der Waals surface area contributed by atoms with Gasteiger partial charge in [0.05, 0.1) is 17.1 Å². The highest BCUT2D eigenvalue weighted by Gasteiger charge is 2.08. The molecule has 22 heavy (non-hydrogen) atoms. The van der Waals surface area contributed by atoms with Crippen LogP contribution in [0.4, 0.5) is 0 Å². The molecule has 0 saturated heterocycles. The topological polar surface area (TPSA) is 49.6 Å². The third kappa shape index (κ3) is 4.71. The fraction of sp³-hybridized carbons (Fsp3) is 0.500. The first kappa shape index (κ1) is 16.8. The predicted molar refractivity (Wildman–Crippen MR) is 89.3 cm³/mol. The van der Waals surface area contributed by atoms with Gasteiger partial charge in [-0.25, -0.2) is 4.98 Å². The van der Waals surface area contributed by atoms with E-state index in [9.17, 15) is 4.79 Å². The number of hydrogen-bond acceptors (Lipinski definition) is 3. The molecule has 5 nitrogen and oxygen atoms in total. The number of nitrogens with zero attached hydrogens (tertiary/aromatic N) is 3. The molecule has 0 aliphatic heterocycles. The molecule has 0 saturated carbocycles. The highest BCUT2D eigenvalue weighted by Crippen LogP contribution is 2.11. The third-order valence-corrected chi connectivity index (χ3v) is 3.90. The van der Waals surface area contributed by atoms with Crippen LogP contribution < -0.4 is 5.32 Å². The average molecular weight is 323 g/mol. The van der Waals surface area contributed by atoms with Crippen molar-refractivity contribution >= 4 is 23.2 Å². The summed E-state index contributed by atoms with van der Waals surface area (Å²) in [7, 11) is 0. The van der Waals surface area contributed by atoms with Crippen molar-refractivity contribution in [3.63, 3.8) is 0 Å². The molecule has 0 unspecified atom stereocenters. The number of rotatable bonds is 8. The normalized spacial score (nSPS) is 11.3. The number of carbonyl (C=O) groups excluding carboxylic acids is 1. The third-order valence-electron chi connectivity index (χ3n) is 3.67. The number of imidazole rings is 1. The van der Waals surface area contributed by atoms with E-state index in [0.717, 1.165) is 37.4 Å². The Balaban J connectivity index is 1.78. The van der Waals surface area contributed by atoms with Crippen LogP contribution in [-0.4, -0.2) is 46.4 Å². The van der Waals surface area contributed by atoms with Gasteiger partial charge in [0.1, 0.15) is 5.65 Å². The first-order valence-corrected chi connectivity index (χ1v) is 8.12. The lowest BCUT2D eigenvalue weighted by molar-refractivity contribution is -0.120. The lowest BCUT2D eigenvalue weighted by Gasteiger charge is -2.17. The summed E-state index contributed by atoms with van der Waals surface area (Å²) >= 11 is 5.94. The van der Waals surface area contributed by atoms with Crippen LogP contribution in [0.2, 0.25) is 5.02 Å². The Labute approximate surface area is 136 Å². The molecule has 2 aromatic rings. The molecule has 0 spiro atoms. The molecular formula is C16H23ClN4O. The van der Waals surface area contributed by atoms with E-state index in [4.69, 9.17) is 11.6 Å². The summed E-state index contributed by atoms with van der Waals surface area (Å²) in [6.07, 6.45) is 4.89. The maximum atomic E-state index is 11.9. The van der Waals surface area contributed by atoms with Crippen molar-refractivity contribution in [1.29, 1.82) is 0 Å². The van der Waals surface area contributed by atoms with Crippen LogP contribution in [0.15, 0.2) is 24.5 Å². The summed E-state index contributed by atoms with van der Waals surface area (Å²) in [5, 5.41) is 3.60. The summed E-state index contributed by atoms with van der Waals surface area (Å²) in [4.78, 5) is 18.7. The van der Waals surface area contributed by atoms with Gasteiger partial charge in [0.2, 0.25) is 5.91 Å². The van der Waals surface area contributed by atoms with E-state index >= 15 is 0 Å². The fourth-order valence-corrected chi connectivity index (χ4v) is 2.57. The molecule has 120 valence electrons. The number of pyridine rings is 1. The number of carbonyl (C=O) groups is 1. The number of hydrogen-bond donors (Lipinski definition) is 1. The zero-order chi connectivity index (χ0) is 15.9. The minimum atomic E-state index is 0.00838. The predicted octanol–water partition coefficient (Wildman–Crippen LogP) is 2.38. The molecule has 0 bridgehead atoms. The Bertz CT molecular complexity index is 622. The number of aromatic nitrogens is 2. The van der Waals surface area contributed by atoms with Crippen LogP contribution in [0.3, 0.4) is 0 Å². The Morgan fingerprint density at radius 3 is 2.82 bits per heavy atom. The Hall–Kier alpha value is -1.59. The second-order valence-corrected chi connectivity index (χ2v) is 5.69. The van der Waals surface area contributed by atoms with Gasteiger partial charge in [-0.2, -0.15) is 0 Å². The van der Waals surface area contributed by atoms with E-state index in [1.807, 2.05) is 16.7 Å². The molecule has 0 radical (unpaired) electrons. The van der Waals surface area contributed by atoms with Gasteiger partial charge in [-0.05, 0) is 38.2 Å². The highest BCUT2D eigenvalue weighted by molar-refractivity contribution is 6.30. The zero-order valence-corrected chi connectivity index (χ0v) is 13.9. The van der Waals surface area contributed by atoms with Gasteiger partial charge in [0.25, 0.3) is 0 Å². The summed E-state index contributed by atoms with van der Waals surface area (Å²) in [5.41, 5.74) is 1.55. The second kappa shape index (κ2) is 8.15. The smallest absolute Gasteiger partial charge is 0.226 e. The molecule has 0 atom stereocenters. The van der Waals surface area contributed by atoms with Gasteiger partial charge < -0.3 is 14.6 Å². The van der Waals surface area contributed by atoms with Crippen LogP contribution in [-0.2, 0) is 11.2 Å². The molecule has 0 aliphatic carbocycles. The summed E-state index contributed by atoms with van der Waals surface area (Å²) in [6, 6.07) is 3.63. The highest BCUT2D eigenvalue weighted by atomic mass is 35.5. The average Bonchev–Trinajstić information content (AvgIpc) is 2.88. The number of fused-ring (bicyclic) bond motifs is 1. The first-order valence-electron chi connectivity index (χ1n) is 7.74. The summed E-state index contributed by atoms with van der Waals surface area (Å²) in [6.45, 7) is 8.12. The van der Waals surface area contributed by atoms with E-state index in [1.165, 1.54) is 0 Å². The van der Waals surface area contributed by atoms with E-state index < -0.39 is 0 Å². The fourth-order valence-electron chi connectivity index (χ4n) is 2.40. The number of nitrogens with one attached hydrogen (secondary N) is 1. The van der Waals surface area contributed by atoms with Crippen molar-refractivity contribution in [2.45, 2.75) is 26.7 Å². The standard InChI is InChI=1S/C16H23ClN4O/c1-3-20(4-2)9-5-8-18-16(22)10-14-12-21-11-13(17)6-7-15(21)19-14/h6-7,11-12H,3-5,8-10H2,1-2H3,(H,18,22). The quantitative estimate of drug-likeness (QED) is 0.759. The number of halogens is 1. The van der Waals surface area contributed by atoms with Crippen molar-refractivity contribution in [2.24, 2.45) is 0 Å². The van der Waals surface area contributed by atoms with E-state index in [2.05, 4.69) is 29.0 Å². The molecule has 0 aliphatic rings. The van der Waals surface area contributed by atoms with E-state index in [-0.39, 0.29) is 5.91 Å². The van der Waals surface area contributed by atoms with Crippen molar-refractivity contribution in [3.05, 3.63) is 35.2 Å². The molecule has 1 amide bonds. The van der Waals surface area contributed by atoms with Gasteiger partial charge in [0.15, 0.2) is 0 Å². The van der Waals surface area contributed by atoms with Crippen molar-refractivity contribution in [1.82, 2.24) is 19.6 Å². The van der Waals surface area contributed by atoms with Crippen LogP contribution in [0.1, 0.15) is 26.0 Å². The van der Waals surface area contributed by atoms with Crippen LogP contribution in [0.25, 0.3) is 5.65 Å². The SMILES string of the molecule is CCN(CC)CCCNC(=O)Cc1cn2cc(Cl)ccc2n1. The molecule has 1 N–H and O–H groups in total. The summed E-state index contributed by atoms with van der Waals surface area (Å²) < 4.78 is 1.84. The maximum absolute atomic E-state index is 11.9. The van der Waals surface area contributed by atoms with Gasteiger partial charge in [-0.15, -0.1) is 0 Å². The monoisotopic (exact) mass is 322 g/mol. The minimum Gasteiger partial charge on any atom is -0.356 e. The van der Waals surface area contributed by atoms with Gasteiger partial charge in [0, 0.05) is 18.9 Å². The lowest BCUT2D eigenvalue weighted by atomic mass is 10.3. The van der Waals surface area contributed by atoms with Crippen molar-refractivity contribution in [2.75, 3.05) is 26.2 Å². The maximum Gasteiger partial charge on any atom is 0.226 e. The first-order chi connectivity index (χ1) is 10.6. The summed E-state index contributed by atoms with van der Waals surface area (Å²) in [5.74, 6) is 0.00838. The molecular weight excluding hydrogens is 300 g/mol.